The Balaban J connectivity index is 1.99. The molecule has 4 rings (SSSR count). The molecular formula is C16H13NO4. The van der Waals surface area contributed by atoms with Crippen LogP contribution in [-0.4, -0.2) is 25.9 Å². The lowest BCUT2D eigenvalue weighted by Gasteiger charge is -2.12. The summed E-state index contributed by atoms with van der Waals surface area (Å²) in [7, 11) is 0. The minimum Gasteiger partial charge on any atom is -0.494 e. The van der Waals surface area contributed by atoms with Crippen molar-refractivity contribution in [3.8, 4) is 17.4 Å². The summed E-state index contributed by atoms with van der Waals surface area (Å²) in [5.41, 5.74) is 1.76. The van der Waals surface area contributed by atoms with E-state index in [1.807, 2.05) is 12.2 Å². The molecule has 0 fully saturated rings. The Morgan fingerprint density at radius 2 is 1.62 bits per heavy atom. The summed E-state index contributed by atoms with van der Waals surface area (Å²) in [6.07, 6.45) is 4.92. The number of hydrogen-bond acceptors (Lipinski definition) is 3. The lowest BCUT2D eigenvalue weighted by Crippen LogP contribution is -2.05. The van der Waals surface area contributed by atoms with Crippen LogP contribution in [0.2, 0.25) is 0 Å². The Morgan fingerprint density at radius 3 is 2.19 bits per heavy atom. The zero-order valence-corrected chi connectivity index (χ0v) is 11.0. The Labute approximate surface area is 120 Å². The van der Waals surface area contributed by atoms with Crippen molar-refractivity contribution in [1.82, 2.24) is 4.57 Å². The number of para-hydroxylation sites is 1. The first-order valence-corrected chi connectivity index (χ1v) is 6.77. The molecule has 5 heteroatoms. The zero-order valence-electron chi connectivity index (χ0n) is 11.0. The molecule has 0 amide bonds. The van der Waals surface area contributed by atoms with Gasteiger partial charge in [-0.05, 0) is 18.6 Å². The predicted octanol–water partition coefficient (Wildman–Crippen LogP) is 2.73. The van der Waals surface area contributed by atoms with Crippen molar-refractivity contribution in [3.05, 3.63) is 53.1 Å². The number of nitrogens with zero attached hydrogens (tertiary/aromatic N) is 1. The average Bonchev–Trinajstić information content (AvgIpc) is 3.13. The molecule has 2 aromatic rings. The van der Waals surface area contributed by atoms with Crippen molar-refractivity contribution in [1.29, 1.82) is 0 Å². The van der Waals surface area contributed by atoms with Crippen molar-refractivity contribution in [3.63, 3.8) is 0 Å². The maximum Gasteiger partial charge on any atom is 0.337 e. The van der Waals surface area contributed by atoms with E-state index in [9.17, 15) is 20.1 Å². The van der Waals surface area contributed by atoms with Gasteiger partial charge in [-0.1, -0.05) is 24.3 Å². The van der Waals surface area contributed by atoms with Crippen LogP contribution >= 0.6 is 0 Å². The Kier molecular flexibility index (Phi) is 2.25. The van der Waals surface area contributed by atoms with Gasteiger partial charge in [-0.15, -0.1) is 0 Å². The molecule has 2 aliphatic rings. The molecule has 106 valence electrons. The van der Waals surface area contributed by atoms with Crippen molar-refractivity contribution >= 4 is 5.97 Å². The Bertz CT molecular complexity index is 767. The van der Waals surface area contributed by atoms with Gasteiger partial charge in [-0.3, -0.25) is 4.57 Å². The molecule has 1 heterocycles. The number of rotatable bonds is 2. The summed E-state index contributed by atoms with van der Waals surface area (Å²) in [6.45, 7) is 0. The van der Waals surface area contributed by atoms with Crippen LogP contribution in [0.25, 0.3) is 5.69 Å². The number of fused-ring (bicyclic) bond motifs is 5. The third-order valence-corrected chi connectivity index (χ3v) is 4.40. The molecule has 0 saturated heterocycles. The smallest absolute Gasteiger partial charge is 0.337 e. The second-order valence-corrected chi connectivity index (χ2v) is 5.47. The number of carboxylic acids is 1. The monoisotopic (exact) mass is 283 g/mol. The SMILES string of the molecule is O=C(O)c1ccccc1-n1c(O)c2c(c1O)C1C=CC2C1. The summed E-state index contributed by atoms with van der Waals surface area (Å²) < 4.78 is 1.24. The summed E-state index contributed by atoms with van der Waals surface area (Å²) >= 11 is 0. The number of aromatic hydroxyl groups is 2. The highest BCUT2D eigenvalue weighted by molar-refractivity contribution is 5.92. The van der Waals surface area contributed by atoms with Gasteiger partial charge in [0.25, 0.3) is 0 Å². The van der Waals surface area contributed by atoms with Gasteiger partial charge in [0, 0.05) is 23.0 Å². The second kappa shape index (κ2) is 3.91. The van der Waals surface area contributed by atoms with Crippen LogP contribution in [0, 0.1) is 0 Å². The summed E-state index contributed by atoms with van der Waals surface area (Å²) in [5, 5.41) is 30.3. The molecule has 0 radical (unpaired) electrons. The van der Waals surface area contributed by atoms with Gasteiger partial charge in [-0.25, -0.2) is 4.79 Å². The number of hydrogen-bond donors (Lipinski definition) is 3. The van der Waals surface area contributed by atoms with Gasteiger partial charge in [0.1, 0.15) is 0 Å². The van der Waals surface area contributed by atoms with Gasteiger partial charge in [0.2, 0.25) is 11.8 Å². The fourth-order valence-electron chi connectivity index (χ4n) is 3.52. The third-order valence-electron chi connectivity index (χ3n) is 4.40. The van der Waals surface area contributed by atoms with Gasteiger partial charge in [-0.2, -0.15) is 0 Å². The second-order valence-electron chi connectivity index (χ2n) is 5.47. The lowest BCUT2D eigenvalue weighted by atomic mass is 10.0. The number of aromatic nitrogens is 1. The van der Waals surface area contributed by atoms with Crippen LogP contribution in [0.15, 0.2) is 36.4 Å². The standard InChI is InChI=1S/C16H13NO4/c18-14-12-8-5-6-9(7-8)13(12)15(19)17(14)11-4-2-1-3-10(11)16(20)21/h1-6,8-9,18-19H,7H2,(H,20,21). The maximum absolute atomic E-state index is 11.3. The maximum atomic E-state index is 11.3. The molecule has 21 heavy (non-hydrogen) atoms. The van der Waals surface area contributed by atoms with E-state index in [1.165, 1.54) is 10.6 Å². The topological polar surface area (TPSA) is 82.7 Å². The van der Waals surface area contributed by atoms with Crippen LogP contribution < -0.4 is 0 Å². The quantitative estimate of drug-likeness (QED) is 0.740. The molecule has 2 aliphatic carbocycles. The van der Waals surface area contributed by atoms with E-state index in [4.69, 9.17) is 0 Å². The fraction of sp³-hybridized carbons (Fsp3) is 0.188. The van der Waals surface area contributed by atoms with Crippen molar-refractivity contribution in [2.45, 2.75) is 18.3 Å². The molecule has 0 aliphatic heterocycles. The summed E-state index contributed by atoms with van der Waals surface area (Å²) in [4.78, 5) is 11.3. The van der Waals surface area contributed by atoms with Gasteiger partial charge in [0.05, 0.1) is 11.3 Å². The predicted molar refractivity (Wildman–Crippen MR) is 75.3 cm³/mol. The summed E-state index contributed by atoms with van der Waals surface area (Å²) in [6, 6.07) is 6.32. The molecule has 1 aromatic heterocycles. The number of aromatic carboxylic acids is 1. The first-order chi connectivity index (χ1) is 10.1. The first kappa shape index (κ1) is 12.1. The van der Waals surface area contributed by atoms with E-state index in [1.54, 1.807) is 18.2 Å². The van der Waals surface area contributed by atoms with E-state index in [0.717, 1.165) is 17.5 Å². The molecule has 1 aromatic carbocycles. The highest BCUT2D eigenvalue weighted by Crippen LogP contribution is 2.57. The van der Waals surface area contributed by atoms with Crippen LogP contribution in [0.4, 0.5) is 0 Å². The third kappa shape index (κ3) is 1.43. The molecule has 2 bridgehead atoms. The Morgan fingerprint density at radius 1 is 1.05 bits per heavy atom. The molecule has 0 saturated carbocycles. The van der Waals surface area contributed by atoms with Gasteiger partial charge < -0.3 is 15.3 Å². The average molecular weight is 283 g/mol. The van der Waals surface area contributed by atoms with E-state index >= 15 is 0 Å². The molecule has 2 atom stereocenters. The molecule has 3 N–H and O–H groups in total. The minimum atomic E-state index is -1.10. The highest BCUT2D eigenvalue weighted by Gasteiger charge is 2.41. The lowest BCUT2D eigenvalue weighted by molar-refractivity contribution is 0.0697. The van der Waals surface area contributed by atoms with Crippen LogP contribution in [0.3, 0.4) is 0 Å². The first-order valence-electron chi connectivity index (χ1n) is 6.77. The summed E-state index contributed by atoms with van der Waals surface area (Å²) in [5.74, 6) is -1.01. The number of benzene rings is 1. The zero-order chi connectivity index (χ0) is 14.7. The van der Waals surface area contributed by atoms with Crippen LogP contribution in [-0.2, 0) is 0 Å². The number of carboxylic acid groups (broad SMARTS) is 1. The van der Waals surface area contributed by atoms with Crippen LogP contribution in [0.5, 0.6) is 11.8 Å². The molecule has 5 nitrogen and oxygen atoms in total. The van der Waals surface area contributed by atoms with Crippen molar-refractivity contribution in [2.24, 2.45) is 0 Å². The van der Waals surface area contributed by atoms with Gasteiger partial charge >= 0.3 is 5.97 Å². The number of carbonyl (C=O) groups is 1. The molecular weight excluding hydrogens is 270 g/mol. The normalized spacial score (nSPS) is 21.7. The minimum absolute atomic E-state index is 0.0390. The highest BCUT2D eigenvalue weighted by atomic mass is 16.4. The molecule has 2 unspecified atom stereocenters. The van der Waals surface area contributed by atoms with Crippen molar-refractivity contribution in [2.75, 3.05) is 0 Å². The fourth-order valence-corrected chi connectivity index (χ4v) is 3.52. The van der Waals surface area contributed by atoms with E-state index in [0.29, 0.717) is 0 Å². The Hall–Kier alpha value is -2.69. The molecule has 0 spiro atoms. The van der Waals surface area contributed by atoms with E-state index in [2.05, 4.69) is 0 Å². The van der Waals surface area contributed by atoms with E-state index < -0.39 is 5.97 Å². The van der Waals surface area contributed by atoms with Gasteiger partial charge in [0.15, 0.2) is 0 Å². The number of allylic oxidation sites excluding steroid dienone is 2. The van der Waals surface area contributed by atoms with Crippen LogP contribution in [0.1, 0.15) is 39.7 Å². The largest absolute Gasteiger partial charge is 0.494 e. The van der Waals surface area contributed by atoms with E-state index in [-0.39, 0.29) is 34.8 Å². The van der Waals surface area contributed by atoms with Crippen molar-refractivity contribution < 1.29 is 20.1 Å².